The first-order chi connectivity index (χ1) is 10.4. The molecule has 0 aliphatic rings. The van der Waals surface area contributed by atoms with Crippen molar-refractivity contribution in [3.63, 3.8) is 0 Å². The van der Waals surface area contributed by atoms with Gasteiger partial charge in [0.05, 0.1) is 0 Å². The number of aryl methyl sites for hydroxylation is 1. The molecule has 0 saturated heterocycles. The minimum atomic E-state index is -3.74. The molecule has 22 heavy (non-hydrogen) atoms. The van der Waals surface area contributed by atoms with Crippen LogP contribution in [-0.2, 0) is 23.6 Å². The minimum absolute atomic E-state index is 0.00909. The van der Waals surface area contributed by atoms with Crippen LogP contribution in [0.5, 0.6) is 0 Å². The van der Waals surface area contributed by atoms with Gasteiger partial charge in [-0.15, -0.1) is 0 Å². The van der Waals surface area contributed by atoms with E-state index >= 15 is 0 Å². The van der Waals surface area contributed by atoms with E-state index in [-0.39, 0.29) is 17.1 Å². The fraction of sp³-hybridized carbons (Fsp3) is 0.267. The molecule has 0 radical (unpaired) electrons. The van der Waals surface area contributed by atoms with Crippen molar-refractivity contribution in [2.45, 2.75) is 18.4 Å². The number of rotatable bonds is 6. The molecule has 6 nitrogen and oxygen atoms in total. The quantitative estimate of drug-likeness (QED) is 0.881. The average Bonchev–Trinajstić information content (AvgIpc) is 2.88. The molecule has 0 unspecified atom stereocenters. The Morgan fingerprint density at radius 3 is 2.41 bits per heavy atom. The number of carboxylic acid groups (broad SMARTS) is 1. The lowest BCUT2D eigenvalue weighted by Crippen LogP contribution is -2.30. The molecule has 118 valence electrons. The summed E-state index contributed by atoms with van der Waals surface area (Å²) in [5, 5.41) is 9.05. The van der Waals surface area contributed by atoms with E-state index in [4.69, 9.17) is 5.11 Å². The number of aromatic carboxylic acids is 1. The first-order valence-corrected chi connectivity index (χ1v) is 8.24. The number of carboxylic acids is 1. The third kappa shape index (κ3) is 3.20. The second-order valence-electron chi connectivity index (χ2n) is 4.89. The Labute approximate surface area is 129 Å². The Morgan fingerprint density at radius 1 is 1.27 bits per heavy atom. The van der Waals surface area contributed by atoms with Crippen molar-refractivity contribution < 1.29 is 18.3 Å². The molecule has 1 aromatic carbocycles. The van der Waals surface area contributed by atoms with Gasteiger partial charge in [-0.2, -0.15) is 4.31 Å². The summed E-state index contributed by atoms with van der Waals surface area (Å²) in [6, 6.07) is 10.5. The Kier molecular flexibility index (Phi) is 4.68. The lowest BCUT2D eigenvalue weighted by molar-refractivity contribution is 0.0686. The van der Waals surface area contributed by atoms with E-state index in [9.17, 15) is 13.2 Å². The molecule has 0 saturated carbocycles. The van der Waals surface area contributed by atoms with Crippen molar-refractivity contribution in [1.29, 1.82) is 0 Å². The fourth-order valence-electron chi connectivity index (χ4n) is 2.19. The summed E-state index contributed by atoms with van der Waals surface area (Å²) in [6.07, 6.45) is 1.33. The van der Waals surface area contributed by atoms with Crippen molar-refractivity contribution >= 4 is 16.0 Å². The molecule has 0 aliphatic carbocycles. The molecule has 7 heteroatoms. The smallest absolute Gasteiger partial charge is 0.352 e. The molecule has 1 heterocycles. The number of hydrogen-bond acceptors (Lipinski definition) is 3. The van der Waals surface area contributed by atoms with Crippen LogP contribution in [0.15, 0.2) is 47.5 Å². The summed E-state index contributed by atoms with van der Waals surface area (Å²) >= 11 is 0. The lowest BCUT2D eigenvalue weighted by Gasteiger charge is -2.19. The second kappa shape index (κ2) is 6.33. The first kappa shape index (κ1) is 16.3. The zero-order valence-electron chi connectivity index (χ0n) is 12.4. The van der Waals surface area contributed by atoms with Crippen LogP contribution in [0.2, 0.25) is 0 Å². The van der Waals surface area contributed by atoms with Gasteiger partial charge in [0.2, 0.25) is 10.0 Å². The minimum Gasteiger partial charge on any atom is -0.477 e. The molecule has 0 atom stereocenters. The third-order valence-electron chi connectivity index (χ3n) is 3.39. The van der Waals surface area contributed by atoms with E-state index in [1.165, 1.54) is 28.2 Å². The van der Waals surface area contributed by atoms with Gasteiger partial charge in [0.25, 0.3) is 0 Å². The maximum absolute atomic E-state index is 12.7. The van der Waals surface area contributed by atoms with Gasteiger partial charge in [-0.1, -0.05) is 37.3 Å². The highest BCUT2D eigenvalue weighted by molar-refractivity contribution is 7.89. The molecular formula is C15H18N2O4S. The third-order valence-corrected chi connectivity index (χ3v) is 5.28. The summed E-state index contributed by atoms with van der Waals surface area (Å²) in [4.78, 5) is 11.1. The zero-order chi connectivity index (χ0) is 16.3. The molecule has 0 bridgehead atoms. The van der Waals surface area contributed by atoms with Gasteiger partial charge in [-0.25, -0.2) is 13.2 Å². The normalized spacial score (nSPS) is 11.8. The summed E-state index contributed by atoms with van der Waals surface area (Å²) in [5.41, 5.74) is 0.816. The van der Waals surface area contributed by atoms with Crippen molar-refractivity contribution in [2.75, 3.05) is 6.54 Å². The highest BCUT2D eigenvalue weighted by Crippen LogP contribution is 2.20. The lowest BCUT2D eigenvalue weighted by atomic mass is 10.2. The van der Waals surface area contributed by atoms with Crippen LogP contribution >= 0.6 is 0 Å². The predicted octanol–water partition coefficient (Wildman–Crippen LogP) is 1.93. The maximum Gasteiger partial charge on any atom is 0.352 e. The van der Waals surface area contributed by atoms with Crippen LogP contribution in [0, 0.1) is 0 Å². The van der Waals surface area contributed by atoms with Gasteiger partial charge in [-0.05, 0) is 11.6 Å². The Morgan fingerprint density at radius 2 is 1.91 bits per heavy atom. The number of hydrogen-bond donors (Lipinski definition) is 1. The fourth-order valence-corrected chi connectivity index (χ4v) is 3.70. The first-order valence-electron chi connectivity index (χ1n) is 6.80. The van der Waals surface area contributed by atoms with E-state index in [0.717, 1.165) is 5.56 Å². The van der Waals surface area contributed by atoms with E-state index < -0.39 is 16.0 Å². The van der Waals surface area contributed by atoms with Crippen LogP contribution in [0.25, 0.3) is 0 Å². The van der Waals surface area contributed by atoms with Gasteiger partial charge in [-0.3, -0.25) is 0 Å². The van der Waals surface area contributed by atoms with Gasteiger partial charge >= 0.3 is 5.97 Å². The summed E-state index contributed by atoms with van der Waals surface area (Å²) in [7, 11) is -2.23. The topological polar surface area (TPSA) is 79.6 Å². The number of sulfonamides is 1. The van der Waals surface area contributed by atoms with E-state index in [1.54, 1.807) is 6.92 Å². The Bertz CT molecular complexity index is 766. The van der Waals surface area contributed by atoms with Gasteiger partial charge < -0.3 is 9.67 Å². The summed E-state index contributed by atoms with van der Waals surface area (Å²) in [6.45, 7) is 2.30. The average molecular weight is 322 g/mol. The summed E-state index contributed by atoms with van der Waals surface area (Å²) < 4.78 is 28.0. The van der Waals surface area contributed by atoms with Crippen molar-refractivity contribution in [3.05, 3.63) is 53.9 Å². The van der Waals surface area contributed by atoms with E-state index in [2.05, 4.69) is 0 Å². The van der Waals surface area contributed by atoms with Crippen LogP contribution in [0.4, 0.5) is 0 Å². The molecule has 0 spiro atoms. The van der Waals surface area contributed by atoms with Crippen molar-refractivity contribution in [1.82, 2.24) is 8.87 Å². The standard InChI is InChI=1S/C15H18N2O4S/c1-3-17(10-12-7-5-4-6-8-12)22(20,21)13-9-14(15(18)19)16(2)11-13/h4-9,11H,3,10H2,1-2H3,(H,18,19). The molecule has 0 amide bonds. The van der Waals surface area contributed by atoms with Crippen LogP contribution in [0.3, 0.4) is 0 Å². The molecule has 2 rings (SSSR count). The molecular weight excluding hydrogens is 304 g/mol. The molecule has 2 aromatic rings. The maximum atomic E-state index is 12.7. The van der Waals surface area contributed by atoms with E-state index in [0.29, 0.717) is 6.54 Å². The van der Waals surface area contributed by atoms with Gasteiger partial charge in [0.15, 0.2) is 0 Å². The number of benzene rings is 1. The van der Waals surface area contributed by atoms with Crippen LogP contribution in [-0.4, -0.2) is 34.9 Å². The molecule has 1 N–H and O–H groups in total. The van der Waals surface area contributed by atoms with Gasteiger partial charge in [0, 0.05) is 26.3 Å². The Hall–Kier alpha value is -2.12. The molecule has 0 fully saturated rings. The van der Waals surface area contributed by atoms with Gasteiger partial charge in [0.1, 0.15) is 10.6 Å². The number of carbonyl (C=O) groups is 1. The SMILES string of the molecule is CCN(Cc1ccccc1)S(=O)(=O)c1cc(C(=O)O)n(C)c1. The molecule has 0 aliphatic heterocycles. The van der Waals surface area contributed by atoms with Crippen LogP contribution in [0.1, 0.15) is 23.0 Å². The van der Waals surface area contributed by atoms with Crippen molar-refractivity contribution in [2.24, 2.45) is 7.05 Å². The zero-order valence-corrected chi connectivity index (χ0v) is 13.2. The van der Waals surface area contributed by atoms with Crippen molar-refractivity contribution in [3.8, 4) is 0 Å². The largest absolute Gasteiger partial charge is 0.477 e. The second-order valence-corrected chi connectivity index (χ2v) is 6.83. The summed E-state index contributed by atoms with van der Waals surface area (Å²) in [5.74, 6) is -1.16. The number of aromatic nitrogens is 1. The van der Waals surface area contributed by atoms with Crippen LogP contribution < -0.4 is 0 Å². The Balaban J connectivity index is 2.35. The highest BCUT2D eigenvalue weighted by atomic mass is 32.2. The molecule has 1 aromatic heterocycles. The monoisotopic (exact) mass is 322 g/mol. The van der Waals surface area contributed by atoms with E-state index in [1.807, 2.05) is 30.3 Å². The highest BCUT2D eigenvalue weighted by Gasteiger charge is 2.26. The number of nitrogens with zero attached hydrogens (tertiary/aromatic N) is 2. The predicted molar refractivity (Wildman–Crippen MR) is 82.1 cm³/mol.